The first-order valence-corrected chi connectivity index (χ1v) is 38.7. The summed E-state index contributed by atoms with van der Waals surface area (Å²) in [6.45, 7) is 20.9. The predicted molar refractivity (Wildman–Crippen MR) is 412 cm³/mol. The molecule has 0 radical (unpaired) electrons. The van der Waals surface area contributed by atoms with E-state index in [1.165, 1.54) is 5.56 Å². The zero-order valence-corrected chi connectivity index (χ0v) is 60.8. The largest absolute Gasteiger partial charge is 0.352 e. The van der Waals surface area contributed by atoms with Crippen LogP contribution in [0.5, 0.6) is 0 Å². The van der Waals surface area contributed by atoms with Gasteiger partial charge < -0.3 is 45.9 Å². The van der Waals surface area contributed by atoms with Crippen molar-refractivity contribution in [3.63, 3.8) is 0 Å². The van der Waals surface area contributed by atoms with Crippen molar-refractivity contribution in [3.05, 3.63) is 253 Å². The van der Waals surface area contributed by atoms with E-state index in [0.717, 1.165) is 100.0 Å². The molecule has 524 valence electrons. The van der Waals surface area contributed by atoms with E-state index >= 15 is 0 Å². The lowest BCUT2D eigenvalue weighted by Crippen LogP contribution is -2.43. The lowest BCUT2D eigenvalue weighted by atomic mass is 10.1. The Bertz CT molecular complexity index is 4650. The van der Waals surface area contributed by atoms with Gasteiger partial charge in [0, 0.05) is 181 Å². The van der Waals surface area contributed by atoms with E-state index in [4.69, 9.17) is 0 Å². The number of pyridine rings is 3. The second-order valence-corrected chi connectivity index (χ2v) is 31.5. The molecule has 0 aliphatic carbocycles. The Morgan fingerprint density at radius 2 is 0.951 bits per heavy atom. The monoisotopic (exact) mass is 1400 g/mol. The molecule has 102 heavy (non-hydrogen) atoms. The van der Waals surface area contributed by atoms with Gasteiger partial charge in [-0.15, -0.1) is 0 Å². The molecule has 0 bridgehead atoms. The topological polar surface area (TPSA) is 280 Å². The Kier molecular flexibility index (Phi) is 27.2. The molecule has 1 saturated heterocycles. The molecule has 7 heterocycles. The number of hydrogen-bond donors (Lipinski definition) is 6. The average molecular weight is 1400 g/mol. The minimum absolute atomic E-state index is 0.167. The fourth-order valence-electron chi connectivity index (χ4n) is 10.5. The van der Waals surface area contributed by atoms with Gasteiger partial charge in [0.25, 0.3) is 17.7 Å². The number of anilines is 8. The highest BCUT2D eigenvalue weighted by molar-refractivity contribution is 7.71. The van der Waals surface area contributed by atoms with Crippen LogP contribution in [0.2, 0.25) is 0 Å². The molecular formula is C78H87N17O5P2. The van der Waals surface area contributed by atoms with Gasteiger partial charge in [-0.3, -0.25) is 34.2 Å². The Hall–Kier alpha value is -11.0. The van der Waals surface area contributed by atoms with Gasteiger partial charge >= 0.3 is 0 Å². The van der Waals surface area contributed by atoms with Crippen LogP contribution in [-0.2, 0) is 15.7 Å². The van der Waals surface area contributed by atoms with Crippen LogP contribution in [0.1, 0.15) is 75.5 Å². The normalized spacial score (nSPS) is 12.1. The maximum absolute atomic E-state index is 13.0. The molecule has 1 fully saturated rings. The van der Waals surface area contributed by atoms with Gasteiger partial charge in [0.2, 0.25) is 17.8 Å². The van der Waals surface area contributed by atoms with Crippen molar-refractivity contribution in [1.82, 2.24) is 60.0 Å². The first-order valence-electron chi connectivity index (χ1n) is 33.8. The molecule has 5 aromatic carbocycles. The lowest BCUT2D eigenvalue weighted by Gasteiger charge is -2.32. The summed E-state index contributed by atoms with van der Waals surface area (Å²) in [5.74, 6) is 0.722. The van der Waals surface area contributed by atoms with Crippen molar-refractivity contribution in [3.8, 4) is 33.8 Å². The Morgan fingerprint density at radius 3 is 1.43 bits per heavy atom. The minimum atomic E-state index is -2.35. The number of nitrogens with zero attached hydrogens (tertiary/aromatic N) is 11. The number of likely N-dealkylation sites (N-methyl/N-ethyl adjacent to an activating group) is 1. The summed E-state index contributed by atoms with van der Waals surface area (Å²) in [6.07, 6.45) is 17.2. The zero-order chi connectivity index (χ0) is 72.4. The summed E-state index contributed by atoms with van der Waals surface area (Å²) >= 11 is 0. The molecule has 24 heteroatoms. The third-order valence-electron chi connectivity index (χ3n) is 16.5. The van der Waals surface area contributed by atoms with E-state index in [1.807, 2.05) is 151 Å². The van der Waals surface area contributed by atoms with E-state index in [9.17, 15) is 23.5 Å². The number of amides is 3. The average Bonchev–Trinajstić information content (AvgIpc) is 0.830. The maximum atomic E-state index is 13.0. The predicted octanol–water partition coefficient (Wildman–Crippen LogP) is 15.1. The SMILES string of the molecule is CC.CCP(=O)(CC)c1ccc(NC(=O)c2ccc(C)c(Nc3nccc(-c4ccncc4)n3)c2)cc1.CP(C)(=O)CCNC(=O)c1cccc(Nc2nccc(-c3ccncc3)n2)c1.Cc1ccc(C(=O)Nc2ccc(CN3CCN(C)CC3)cc2)cc1Nc1nccc(-c2cccnc2)n1. The molecule has 1 aliphatic rings. The van der Waals surface area contributed by atoms with Crippen molar-refractivity contribution < 1.29 is 23.5 Å². The van der Waals surface area contributed by atoms with Gasteiger partial charge in [-0.05, 0) is 184 Å². The smallest absolute Gasteiger partial charge is 0.255 e. The Morgan fingerprint density at radius 1 is 0.471 bits per heavy atom. The van der Waals surface area contributed by atoms with Crippen LogP contribution in [0.3, 0.4) is 0 Å². The van der Waals surface area contributed by atoms with Crippen LogP contribution in [-0.4, -0.2) is 144 Å². The van der Waals surface area contributed by atoms with E-state index in [1.54, 1.807) is 112 Å². The number of carbonyl (C=O) groups is 3. The molecule has 0 spiro atoms. The molecule has 3 amide bonds. The van der Waals surface area contributed by atoms with Crippen LogP contribution in [0.25, 0.3) is 33.8 Å². The van der Waals surface area contributed by atoms with E-state index in [0.29, 0.717) is 70.9 Å². The zero-order valence-electron chi connectivity index (χ0n) is 59.0. The highest BCUT2D eigenvalue weighted by Crippen LogP contribution is 2.43. The van der Waals surface area contributed by atoms with Gasteiger partial charge in [-0.25, -0.2) is 29.9 Å². The summed E-state index contributed by atoms with van der Waals surface area (Å²) in [6, 6.07) is 50.4. The van der Waals surface area contributed by atoms with Crippen molar-refractivity contribution in [2.24, 2.45) is 0 Å². The van der Waals surface area contributed by atoms with Crippen molar-refractivity contribution in [1.29, 1.82) is 0 Å². The van der Waals surface area contributed by atoms with E-state index in [-0.39, 0.29) is 17.7 Å². The Balaban J connectivity index is 0.000000177. The van der Waals surface area contributed by atoms with Crippen LogP contribution in [0.4, 0.5) is 46.3 Å². The van der Waals surface area contributed by atoms with Crippen LogP contribution in [0.15, 0.2) is 220 Å². The van der Waals surface area contributed by atoms with Crippen molar-refractivity contribution in [2.75, 3.05) is 98.2 Å². The van der Waals surface area contributed by atoms with Crippen LogP contribution < -0.4 is 37.2 Å². The molecule has 11 aromatic rings. The van der Waals surface area contributed by atoms with E-state index < -0.39 is 14.3 Å². The molecule has 12 rings (SSSR count). The molecule has 0 saturated carbocycles. The number of piperazine rings is 1. The number of carbonyl (C=O) groups excluding carboxylic acids is 3. The van der Waals surface area contributed by atoms with E-state index in [2.05, 4.69) is 106 Å². The first kappa shape index (κ1) is 75.2. The van der Waals surface area contributed by atoms with Gasteiger partial charge in [0.05, 0.1) is 24.2 Å². The molecule has 0 atom stereocenters. The second kappa shape index (κ2) is 36.9. The second-order valence-electron chi connectivity index (χ2n) is 24.3. The number of nitrogens with one attached hydrogen (secondary N) is 6. The number of benzene rings is 5. The Labute approximate surface area is 597 Å². The molecule has 1 aliphatic heterocycles. The fourth-order valence-corrected chi connectivity index (χ4v) is 13.0. The summed E-state index contributed by atoms with van der Waals surface area (Å²) in [4.78, 5) is 81.9. The minimum Gasteiger partial charge on any atom is -0.352 e. The van der Waals surface area contributed by atoms with Gasteiger partial charge in [0.15, 0.2) is 0 Å². The summed E-state index contributed by atoms with van der Waals surface area (Å²) in [5.41, 5.74) is 13.5. The highest BCUT2D eigenvalue weighted by Gasteiger charge is 2.21. The third-order valence-corrected chi connectivity index (χ3v) is 21.1. The molecular weight excluding hydrogens is 1320 g/mol. The molecule has 6 aromatic heterocycles. The van der Waals surface area contributed by atoms with Crippen molar-refractivity contribution in [2.45, 2.75) is 48.1 Å². The third kappa shape index (κ3) is 22.2. The number of aryl methyl sites for hydroxylation is 2. The number of aromatic nitrogens is 9. The quantitative estimate of drug-likeness (QED) is 0.0344. The molecule has 22 nitrogen and oxygen atoms in total. The maximum Gasteiger partial charge on any atom is 0.255 e. The van der Waals surface area contributed by atoms with Crippen LogP contribution in [0, 0.1) is 13.8 Å². The highest BCUT2D eigenvalue weighted by atomic mass is 31.2. The van der Waals surface area contributed by atoms with Crippen molar-refractivity contribution >= 4 is 83.6 Å². The lowest BCUT2D eigenvalue weighted by molar-refractivity contribution is 0.0954. The van der Waals surface area contributed by atoms with Gasteiger partial charge in [0.1, 0.15) is 7.14 Å². The summed E-state index contributed by atoms with van der Waals surface area (Å²) in [5, 5.41) is 19.2. The van der Waals surface area contributed by atoms with Gasteiger partial charge in [-0.1, -0.05) is 58.0 Å². The molecule has 6 N–H and O–H groups in total. The summed E-state index contributed by atoms with van der Waals surface area (Å²) in [7, 11) is -2.33. The first-order chi connectivity index (χ1) is 49.3. The molecule has 0 unspecified atom stereocenters. The van der Waals surface area contributed by atoms with Gasteiger partial charge in [-0.2, -0.15) is 0 Å². The van der Waals surface area contributed by atoms with Crippen LogP contribution >= 0.6 is 14.3 Å². The number of rotatable bonds is 22. The number of hydrogen-bond acceptors (Lipinski definition) is 19. The standard InChI is InChI=1S/C29H31N7O.C27H28N5O2P.C20H22N5O2P.C2H6/c1-21-5-8-23(18-27(21)34-29-31-13-11-26(33-29)24-4-3-12-30-19-24)28(37)32-25-9-6-22(7-10-25)20-36-16-14-35(2)15-17-36;1-4-35(34,5-2)23-10-8-22(9-11-23)30-26(33)21-7-6-19(3)25(18-21)32-27-29-17-14-24(31-27)20-12-15-28-16-13-20;1-28(2,27)13-12-22-19(26)16-4-3-5-17(14-16)24-20-23-11-8-18(25-20)15-6-9-21-10-7-15;1-2/h3-13,18-19H,14-17,20H2,1-2H3,(H,32,37)(H,31,33,34);6-18H,4-5H2,1-3H3,(H,30,33)(H,29,31,32);3-11,14H,12-13H2,1-2H3,(H,22,26)(H,23,24,25);1-2H3. The summed E-state index contributed by atoms with van der Waals surface area (Å²) < 4.78 is 24.7. The fraction of sp³-hybridized carbons (Fsp3) is 0.231.